The number of aromatic nitrogens is 1. The number of benzene rings is 1. The summed E-state index contributed by atoms with van der Waals surface area (Å²) in [6.45, 7) is 8.54. The fourth-order valence-electron chi connectivity index (χ4n) is 2.43. The molecule has 2 aromatic rings. The summed E-state index contributed by atoms with van der Waals surface area (Å²) in [5, 5.41) is 0. The second kappa shape index (κ2) is 5.43. The predicted octanol–water partition coefficient (Wildman–Crippen LogP) is 4.59. The number of rotatable bonds is 3. The highest BCUT2D eigenvalue weighted by Gasteiger charge is 2.12. The molecular formula is C17H22N2. The van der Waals surface area contributed by atoms with E-state index in [1.807, 2.05) is 13.8 Å². The average Bonchev–Trinajstić information content (AvgIpc) is 2.36. The average molecular weight is 254 g/mol. The van der Waals surface area contributed by atoms with Crippen LogP contribution in [-0.2, 0) is 0 Å². The van der Waals surface area contributed by atoms with E-state index in [2.05, 4.69) is 67.2 Å². The molecule has 2 rings (SSSR count). The summed E-state index contributed by atoms with van der Waals surface area (Å²) in [6.07, 6.45) is 0. The van der Waals surface area contributed by atoms with E-state index in [-0.39, 0.29) is 0 Å². The zero-order chi connectivity index (χ0) is 14.0. The third-order valence-electron chi connectivity index (χ3n) is 3.37. The van der Waals surface area contributed by atoms with Gasteiger partial charge in [0, 0.05) is 29.8 Å². The Balaban J connectivity index is 2.46. The molecule has 0 fully saturated rings. The summed E-state index contributed by atoms with van der Waals surface area (Å²) in [7, 11) is 2.12. The van der Waals surface area contributed by atoms with Crippen molar-refractivity contribution >= 4 is 11.4 Å². The first-order chi connectivity index (χ1) is 8.99. The predicted molar refractivity (Wildman–Crippen MR) is 82.3 cm³/mol. The molecule has 2 nitrogen and oxygen atoms in total. The van der Waals surface area contributed by atoms with Crippen LogP contribution in [0.1, 0.15) is 36.7 Å². The summed E-state index contributed by atoms with van der Waals surface area (Å²) in [5.41, 5.74) is 5.95. The lowest BCUT2D eigenvalue weighted by Gasteiger charge is -2.24. The quantitative estimate of drug-likeness (QED) is 0.796. The number of para-hydroxylation sites is 1. The minimum atomic E-state index is 0.516. The van der Waals surface area contributed by atoms with E-state index in [1.165, 1.54) is 16.9 Å². The monoisotopic (exact) mass is 254 g/mol. The first kappa shape index (κ1) is 13.6. The minimum Gasteiger partial charge on any atom is -0.344 e. The van der Waals surface area contributed by atoms with E-state index in [1.54, 1.807) is 0 Å². The molecule has 0 spiro atoms. The van der Waals surface area contributed by atoms with Gasteiger partial charge in [0.15, 0.2) is 0 Å². The van der Waals surface area contributed by atoms with Crippen molar-refractivity contribution in [3.63, 3.8) is 0 Å². The van der Waals surface area contributed by atoms with Gasteiger partial charge in [-0.3, -0.25) is 4.98 Å². The molecule has 2 heteroatoms. The molecule has 0 aliphatic carbocycles. The molecule has 0 radical (unpaired) electrons. The number of hydrogen-bond donors (Lipinski definition) is 0. The molecule has 0 aliphatic rings. The lowest BCUT2D eigenvalue weighted by molar-refractivity contribution is 0.862. The standard InChI is InChI=1S/C17H22N2/c1-12(2)16-8-6-7-9-17(16)19(5)15-10-13(3)18-14(4)11-15/h6-12H,1-5H3. The molecule has 0 saturated heterocycles. The summed E-state index contributed by atoms with van der Waals surface area (Å²) < 4.78 is 0. The fraction of sp³-hybridized carbons (Fsp3) is 0.353. The number of nitrogens with zero attached hydrogens (tertiary/aromatic N) is 2. The number of aryl methyl sites for hydroxylation is 2. The highest BCUT2D eigenvalue weighted by atomic mass is 15.1. The van der Waals surface area contributed by atoms with Crippen LogP contribution in [0.15, 0.2) is 36.4 Å². The third kappa shape index (κ3) is 2.95. The summed E-state index contributed by atoms with van der Waals surface area (Å²) in [6, 6.07) is 12.8. The van der Waals surface area contributed by atoms with Crippen LogP contribution in [0.25, 0.3) is 0 Å². The Labute approximate surface area is 116 Å². The van der Waals surface area contributed by atoms with Crippen LogP contribution in [0.5, 0.6) is 0 Å². The normalized spacial score (nSPS) is 10.8. The topological polar surface area (TPSA) is 16.1 Å². The molecule has 1 heterocycles. The van der Waals surface area contributed by atoms with Crippen LogP contribution in [0, 0.1) is 13.8 Å². The van der Waals surface area contributed by atoms with Gasteiger partial charge >= 0.3 is 0 Å². The van der Waals surface area contributed by atoms with E-state index in [9.17, 15) is 0 Å². The van der Waals surface area contributed by atoms with Crippen molar-refractivity contribution in [1.82, 2.24) is 4.98 Å². The van der Waals surface area contributed by atoms with Gasteiger partial charge in [-0.05, 0) is 43.5 Å². The van der Waals surface area contributed by atoms with E-state index >= 15 is 0 Å². The van der Waals surface area contributed by atoms with Gasteiger partial charge in [-0.2, -0.15) is 0 Å². The highest BCUT2D eigenvalue weighted by molar-refractivity contribution is 5.66. The summed E-state index contributed by atoms with van der Waals surface area (Å²) in [4.78, 5) is 6.69. The minimum absolute atomic E-state index is 0.516. The van der Waals surface area contributed by atoms with Gasteiger partial charge in [-0.25, -0.2) is 0 Å². The maximum absolute atomic E-state index is 4.44. The Bertz CT molecular complexity index is 553. The van der Waals surface area contributed by atoms with Crippen molar-refractivity contribution in [2.75, 3.05) is 11.9 Å². The Morgan fingerprint density at radius 2 is 1.58 bits per heavy atom. The Morgan fingerprint density at radius 1 is 1.00 bits per heavy atom. The molecule has 0 amide bonds. The second-order valence-corrected chi connectivity index (χ2v) is 5.38. The maximum atomic E-state index is 4.44. The van der Waals surface area contributed by atoms with Crippen LogP contribution in [-0.4, -0.2) is 12.0 Å². The largest absolute Gasteiger partial charge is 0.344 e. The molecular weight excluding hydrogens is 232 g/mol. The van der Waals surface area contributed by atoms with Crippen molar-refractivity contribution in [2.45, 2.75) is 33.6 Å². The van der Waals surface area contributed by atoms with Crippen LogP contribution in [0.2, 0.25) is 0 Å². The maximum Gasteiger partial charge on any atom is 0.0444 e. The lowest BCUT2D eigenvalue weighted by Crippen LogP contribution is -2.13. The number of anilines is 2. The van der Waals surface area contributed by atoms with Gasteiger partial charge in [0.05, 0.1) is 0 Å². The molecule has 0 bridgehead atoms. The van der Waals surface area contributed by atoms with Crippen molar-refractivity contribution in [2.24, 2.45) is 0 Å². The van der Waals surface area contributed by atoms with E-state index < -0.39 is 0 Å². The van der Waals surface area contributed by atoms with Crippen molar-refractivity contribution in [3.8, 4) is 0 Å². The molecule has 1 aromatic heterocycles. The number of pyridine rings is 1. The molecule has 100 valence electrons. The van der Waals surface area contributed by atoms with E-state index in [4.69, 9.17) is 0 Å². The van der Waals surface area contributed by atoms with Crippen molar-refractivity contribution < 1.29 is 0 Å². The van der Waals surface area contributed by atoms with Crippen LogP contribution >= 0.6 is 0 Å². The van der Waals surface area contributed by atoms with Crippen molar-refractivity contribution in [1.29, 1.82) is 0 Å². The SMILES string of the molecule is Cc1cc(N(C)c2ccccc2C(C)C)cc(C)n1. The molecule has 0 N–H and O–H groups in total. The van der Waals surface area contributed by atoms with Gasteiger partial charge in [-0.1, -0.05) is 32.0 Å². The van der Waals surface area contributed by atoms with E-state index in [0.29, 0.717) is 5.92 Å². The first-order valence-electron chi connectivity index (χ1n) is 6.77. The van der Waals surface area contributed by atoms with Gasteiger partial charge < -0.3 is 4.90 Å². The smallest absolute Gasteiger partial charge is 0.0444 e. The Morgan fingerprint density at radius 3 is 2.16 bits per heavy atom. The summed E-state index contributed by atoms with van der Waals surface area (Å²) >= 11 is 0. The van der Waals surface area contributed by atoms with Gasteiger partial charge in [-0.15, -0.1) is 0 Å². The molecule has 0 unspecified atom stereocenters. The number of hydrogen-bond acceptors (Lipinski definition) is 2. The van der Waals surface area contributed by atoms with Crippen LogP contribution < -0.4 is 4.90 Å². The van der Waals surface area contributed by atoms with Crippen LogP contribution in [0.4, 0.5) is 11.4 Å². The fourth-order valence-corrected chi connectivity index (χ4v) is 2.43. The highest BCUT2D eigenvalue weighted by Crippen LogP contribution is 2.31. The van der Waals surface area contributed by atoms with Gasteiger partial charge in [0.25, 0.3) is 0 Å². The zero-order valence-corrected chi connectivity index (χ0v) is 12.4. The third-order valence-corrected chi connectivity index (χ3v) is 3.37. The molecule has 1 aromatic carbocycles. The molecule has 0 saturated carbocycles. The zero-order valence-electron chi connectivity index (χ0n) is 12.4. The van der Waals surface area contributed by atoms with E-state index in [0.717, 1.165) is 11.4 Å². The summed E-state index contributed by atoms with van der Waals surface area (Å²) in [5.74, 6) is 0.516. The Hall–Kier alpha value is -1.83. The second-order valence-electron chi connectivity index (χ2n) is 5.38. The lowest BCUT2D eigenvalue weighted by atomic mass is 10.0. The van der Waals surface area contributed by atoms with Gasteiger partial charge in [0.2, 0.25) is 0 Å². The van der Waals surface area contributed by atoms with Crippen LogP contribution in [0.3, 0.4) is 0 Å². The van der Waals surface area contributed by atoms with Gasteiger partial charge in [0.1, 0.15) is 0 Å². The Kier molecular flexibility index (Phi) is 3.89. The molecule has 19 heavy (non-hydrogen) atoms. The molecule has 0 atom stereocenters. The van der Waals surface area contributed by atoms with Crippen molar-refractivity contribution in [3.05, 3.63) is 53.3 Å². The molecule has 0 aliphatic heterocycles. The first-order valence-corrected chi connectivity index (χ1v) is 6.77.